The van der Waals surface area contributed by atoms with Crippen molar-refractivity contribution in [2.24, 2.45) is 0 Å². The van der Waals surface area contributed by atoms with Crippen molar-refractivity contribution < 1.29 is 0 Å². The van der Waals surface area contributed by atoms with Crippen molar-refractivity contribution >= 4 is 0 Å². The van der Waals surface area contributed by atoms with Crippen LogP contribution in [-0.4, -0.2) is 36.1 Å². The summed E-state index contributed by atoms with van der Waals surface area (Å²) in [6.45, 7) is 12.9. The molecule has 1 rings (SSSR count). The number of hydrogen-bond acceptors (Lipinski definition) is 2. The molecule has 90 valence electrons. The van der Waals surface area contributed by atoms with E-state index in [4.69, 9.17) is 0 Å². The van der Waals surface area contributed by atoms with Crippen molar-refractivity contribution in [1.82, 2.24) is 10.2 Å². The maximum absolute atomic E-state index is 3.71. The molecule has 0 aliphatic carbocycles. The van der Waals surface area contributed by atoms with Gasteiger partial charge in [-0.3, -0.25) is 4.90 Å². The van der Waals surface area contributed by atoms with Crippen molar-refractivity contribution in [1.29, 1.82) is 0 Å². The van der Waals surface area contributed by atoms with Crippen LogP contribution in [0.25, 0.3) is 0 Å². The van der Waals surface area contributed by atoms with Crippen LogP contribution >= 0.6 is 0 Å². The summed E-state index contributed by atoms with van der Waals surface area (Å²) in [5, 5.41) is 3.71. The lowest BCUT2D eigenvalue weighted by Gasteiger charge is -2.48. The fourth-order valence-electron chi connectivity index (χ4n) is 2.55. The lowest BCUT2D eigenvalue weighted by molar-refractivity contribution is 0.0471. The zero-order chi connectivity index (χ0) is 11.3. The summed E-state index contributed by atoms with van der Waals surface area (Å²) in [5.74, 6) is 0. The Bertz CT molecular complexity index is 181. The lowest BCUT2D eigenvalue weighted by atomic mass is 9.91. The molecule has 0 aromatic rings. The van der Waals surface area contributed by atoms with Gasteiger partial charge in [0.15, 0.2) is 0 Å². The lowest BCUT2D eigenvalue weighted by Crippen LogP contribution is -2.63. The highest BCUT2D eigenvalue weighted by Gasteiger charge is 2.35. The van der Waals surface area contributed by atoms with Crippen LogP contribution in [0.5, 0.6) is 0 Å². The molecule has 1 heterocycles. The minimum Gasteiger partial charge on any atom is -0.311 e. The molecule has 1 aliphatic heterocycles. The summed E-state index contributed by atoms with van der Waals surface area (Å²) >= 11 is 0. The summed E-state index contributed by atoms with van der Waals surface area (Å²) in [6, 6.07) is 0.723. The predicted octanol–water partition coefficient (Wildman–Crippen LogP) is 2.64. The number of nitrogens with zero attached hydrogens (tertiary/aromatic N) is 1. The van der Waals surface area contributed by atoms with Crippen LogP contribution in [0.15, 0.2) is 0 Å². The van der Waals surface area contributed by atoms with Crippen LogP contribution in [0, 0.1) is 0 Å². The molecular formula is C13H28N2. The van der Waals surface area contributed by atoms with Gasteiger partial charge in [0, 0.05) is 24.7 Å². The van der Waals surface area contributed by atoms with Gasteiger partial charge in [-0.2, -0.15) is 0 Å². The van der Waals surface area contributed by atoms with E-state index in [2.05, 4.69) is 37.9 Å². The highest BCUT2D eigenvalue weighted by Crippen LogP contribution is 2.23. The fraction of sp³-hybridized carbons (Fsp3) is 1.00. The molecule has 0 spiro atoms. The fourth-order valence-corrected chi connectivity index (χ4v) is 2.55. The van der Waals surface area contributed by atoms with Gasteiger partial charge in [-0.15, -0.1) is 0 Å². The summed E-state index contributed by atoms with van der Waals surface area (Å²) in [4.78, 5) is 2.70. The Morgan fingerprint density at radius 1 is 1.27 bits per heavy atom. The molecule has 1 saturated heterocycles. The first-order valence-electron chi connectivity index (χ1n) is 6.64. The molecule has 2 nitrogen and oxygen atoms in total. The normalized spacial score (nSPS) is 33.2. The molecule has 0 aromatic heterocycles. The van der Waals surface area contributed by atoms with Gasteiger partial charge in [0.25, 0.3) is 0 Å². The van der Waals surface area contributed by atoms with E-state index in [-0.39, 0.29) is 0 Å². The molecule has 1 fully saturated rings. The second-order valence-corrected chi connectivity index (χ2v) is 5.16. The van der Waals surface area contributed by atoms with E-state index in [0.717, 1.165) is 12.6 Å². The maximum Gasteiger partial charge on any atom is 0.0303 e. The first-order valence-corrected chi connectivity index (χ1v) is 6.64. The van der Waals surface area contributed by atoms with Gasteiger partial charge in [-0.25, -0.2) is 0 Å². The van der Waals surface area contributed by atoms with Crippen LogP contribution in [0.3, 0.4) is 0 Å². The van der Waals surface area contributed by atoms with Gasteiger partial charge in [0.05, 0.1) is 0 Å². The number of piperazine rings is 1. The molecule has 0 amide bonds. The Morgan fingerprint density at radius 2 is 2.00 bits per heavy atom. The Hall–Kier alpha value is -0.0800. The van der Waals surface area contributed by atoms with E-state index in [9.17, 15) is 0 Å². The molecule has 1 aliphatic rings. The second-order valence-electron chi connectivity index (χ2n) is 5.16. The third-order valence-electron chi connectivity index (χ3n) is 3.87. The van der Waals surface area contributed by atoms with Gasteiger partial charge in [0.2, 0.25) is 0 Å². The highest BCUT2D eigenvalue weighted by molar-refractivity contribution is 4.94. The molecule has 2 unspecified atom stereocenters. The Balaban J connectivity index is 2.56. The average molecular weight is 212 g/mol. The minimum absolute atomic E-state index is 0.389. The van der Waals surface area contributed by atoms with Gasteiger partial charge in [-0.1, -0.05) is 27.2 Å². The van der Waals surface area contributed by atoms with Crippen molar-refractivity contribution in [3.8, 4) is 0 Å². The summed E-state index contributed by atoms with van der Waals surface area (Å²) in [5.41, 5.74) is 0.389. The minimum atomic E-state index is 0.389. The van der Waals surface area contributed by atoms with Crippen LogP contribution in [-0.2, 0) is 0 Å². The number of rotatable bonds is 5. The maximum atomic E-state index is 3.71. The van der Waals surface area contributed by atoms with Gasteiger partial charge < -0.3 is 5.32 Å². The smallest absolute Gasteiger partial charge is 0.0303 e. The zero-order valence-electron chi connectivity index (χ0n) is 11.0. The van der Waals surface area contributed by atoms with E-state index in [0.29, 0.717) is 5.54 Å². The second kappa shape index (κ2) is 5.86. The Kier molecular flexibility index (Phi) is 5.07. The monoisotopic (exact) mass is 212 g/mol. The first kappa shape index (κ1) is 13.0. The van der Waals surface area contributed by atoms with Crippen molar-refractivity contribution in [2.45, 2.75) is 65.0 Å². The van der Waals surface area contributed by atoms with E-state index in [1.54, 1.807) is 0 Å². The van der Waals surface area contributed by atoms with Crippen molar-refractivity contribution in [2.75, 3.05) is 19.6 Å². The standard InChI is InChI=1S/C13H28N2/c1-5-8-12-10-15(9-6-2)13(4,7-3)11-14-12/h12,14H,5-11H2,1-4H3. The topological polar surface area (TPSA) is 15.3 Å². The summed E-state index contributed by atoms with van der Waals surface area (Å²) in [6.07, 6.45) is 5.13. The zero-order valence-corrected chi connectivity index (χ0v) is 11.0. The molecule has 15 heavy (non-hydrogen) atoms. The third kappa shape index (κ3) is 3.18. The van der Waals surface area contributed by atoms with Gasteiger partial charge >= 0.3 is 0 Å². The molecule has 1 N–H and O–H groups in total. The summed E-state index contributed by atoms with van der Waals surface area (Å²) in [7, 11) is 0. The quantitative estimate of drug-likeness (QED) is 0.753. The Morgan fingerprint density at radius 3 is 2.53 bits per heavy atom. The molecule has 2 heteroatoms. The van der Waals surface area contributed by atoms with Gasteiger partial charge in [0.1, 0.15) is 0 Å². The number of nitrogens with one attached hydrogen (secondary N) is 1. The largest absolute Gasteiger partial charge is 0.311 e. The SMILES string of the molecule is CCCC1CN(CCC)C(C)(CC)CN1. The summed E-state index contributed by atoms with van der Waals surface area (Å²) < 4.78 is 0. The van der Waals surface area contributed by atoms with Crippen LogP contribution < -0.4 is 5.32 Å². The van der Waals surface area contributed by atoms with Crippen LogP contribution in [0.1, 0.15) is 53.4 Å². The Labute approximate surface area is 95.4 Å². The predicted molar refractivity (Wildman–Crippen MR) is 67.3 cm³/mol. The molecule has 0 saturated carbocycles. The molecule has 0 bridgehead atoms. The third-order valence-corrected chi connectivity index (χ3v) is 3.87. The van der Waals surface area contributed by atoms with E-state index in [1.165, 1.54) is 38.8 Å². The molecule has 2 atom stereocenters. The highest BCUT2D eigenvalue weighted by atomic mass is 15.3. The van der Waals surface area contributed by atoms with E-state index < -0.39 is 0 Å². The first-order chi connectivity index (χ1) is 7.16. The van der Waals surface area contributed by atoms with E-state index in [1.807, 2.05) is 0 Å². The molecular weight excluding hydrogens is 184 g/mol. The van der Waals surface area contributed by atoms with Crippen molar-refractivity contribution in [3.05, 3.63) is 0 Å². The van der Waals surface area contributed by atoms with Crippen LogP contribution in [0.4, 0.5) is 0 Å². The number of hydrogen-bond donors (Lipinski definition) is 1. The average Bonchev–Trinajstić information content (AvgIpc) is 2.24. The van der Waals surface area contributed by atoms with Crippen molar-refractivity contribution in [3.63, 3.8) is 0 Å². The molecule has 0 radical (unpaired) electrons. The van der Waals surface area contributed by atoms with Crippen LogP contribution in [0.2, 0.25) is 0 Å². The van der Waals surface area contributed by atoms with E-state index >= 15 is 0 Å². The molecule has 0 aromatic carbocycles. The van der Waals surface area contributed by atoms with Gasteiger partial charge in [-0.05, 0) is 32.7 Å².